The van der Waals surface area contributed by atoms with Gasteiger partial charge in [0.2, 0.25) is 5.95 Å². The number of nitrogens with one attached hydrogen (secondary N) is 1. The Balaban J connectivity index is 1.62. The summed E-state index contributed by atoms with van der Waals surface area (Å²) in [4.78, 5) is 14.0. The quantitative estimate of drug-likeness (QED) is 0.119. The summed E-state index contributed by atoms with van der Waals surface area (Å²) in [7, 11) is -6.97. The second-order valence-electron chi connectivity index (χ2n) is 19.6. The Labute approximate surface area is 332 Å². The third kappa shape index (κ3) is 9.05. The molecule has 0 radical (unpaired) electrons. The van der Waals surface area contributed by atoms with Crippen LogP contribution in [0.4, 0.5) is 11.8 Å². The molecule has 2 aromatic carbocycles. The summed E-state index contributed by atoms with van der Waals surface area (Å²) in [5, 5.41) is 14.5. The number of aromatic nitrogens is 4. The summed E-state index contributed by atoms with van der Waals surface area (Å²) < 4.78 is 30.9. The predicted octanol–water partition coefficient (Wildman–Crippen LogP) is 10.1. The number of anilines is 2. The Morgan fingerprint density at radius 3 is 1.95 bits per heavy atom. The summed E-state index contributed by atoms with van der Waals surface area (Å²) in [6.45, 7) is 34.6. The highest BCUT2D eigenvalue weighted by Crippen LogP contribution is 2.48. The van der Waals surface area contributed by atoms with E-state index in [-0.39, 0.29) is 26.7 Å². The fourth-order valence-corrected chi connectivity index (χ4v) is 9.50. The Morgan fingerprint density at radius 2 is 1.38 bits per heavy atom. The van der Waals surface area contributed by atoms with E-state index >= 15 is 0 Å². The fraction of sp³-hybridized carbons (Fsp3) is 0.585. The molecule has 14 heteroatoms. The molecule has 5 rings (SSSR count). The van der Waals surface area contributed by atoms with Crippen LogP contribution in [-0.4, -0.2) is 74.5 Å². The van der Waals surface area contributed by atoms with Gasteiger partial charge in [0.25, 0.3) is 0 Å². The van der Waals surface area contributed by atoms with Gasteiger partial charge in [0.15, 0.2) is 48.2 Å². The van der Waals surface area contributed by atoms with Crippen molar-refractivity contribution in [2.75, 3.05) is 17.7 Å². The fourth-order valence-electron chi connectivity index (χ4n) is 5.88. The van der Waals surface area contributed by atoms with Crippen molar-refractivity contribution in [3.05, 3.63) is 60.4 Å². The lowest BCUT2D eigenvalue weighted by Crippen LogP contribution is -2.54. The minimum Gasteiger partial charge on any atom is -0.507 e. The van der Waals surface area contributed by atoms with Crippen LogP contribution < -0.4 is 11.1 Å². The Morgan fingerprint density at radius 1 is 0.800 bits per heavy atom. The molecule has 1 aliphatic heterocycles. The first-order valence-electron chi connectivity index (χ1n) is 19.5. The highest BCUT2D eigenvalue weighted by Gasteiger charge is 2.55. The van der Waals surface area contributed by atoms with E-state index in [2.05, 4.69) is 112 Å². The smallest absolute Gasteiger partial charge is 0.207 e. The van der Waals surface area contributed by atoms with Gasteiger partial charge in [-0.25, -0.2) is 15.0 Å². The number of rotatable bonds is 12. The van der Waals surface area contributed by atoms with Crippen molar-refractivity contribution in [2.24, 2.45) is 0 Å². The molecule has 1 saturated heterocycles. The third-order valence-electron chi connectivity index (χ3n) is 12.5. The topological polar surface area (TPSA) is 139 Å². The van der Waals surface area contributed by atoms with Gasteiger partial charge in [0.1, 0.15) is 30.4 Å². The van der Waals surface area contributed by atoms with Crippen LogP contribution in [0.3, 0.4) is 0 Å². The minimum atomic E-state index is -2.43. The summed E-state index contributed by atoms with van der Waals surface area (Å²) >= 11 is 0. The molecular weight excluding hydrogens is 741 g/mol. The number of ether oxygens (including phenoxy) is 1. The number of nitrogens with zero attached hydrogens (tertiary/aromatic N) is 4. The second-order valence-corrected chi connectivity index (χ2v) is 34.0. The number of phenolic OH excluding ortho intramolecular Hbond substituents is 1. The summed E-state index contributed by atoms with van der Waals surface area (Å²) in [6, 6.07) is 15.6. The minimum absolute atomic E-state index is 0.0116. The number of phenols is 1. The van der Waals surface area contributed by atoms with Crippen molar-refractivity contribution < 1.29 is 23.1 Å². The zero-order valence-corrected chi connectivity index (χ0v) is 38.9. The van der Waals surface area contributed by atoms with Gasteiger partial charge >= 0.3 is 0 Å². The molecule has 3 heterocycles. The number of nitrogen functional groups attached to an aromatic ring is 1. The highest BCUT2D eigenvalue weighted by molar-refractivity contribution is 6.75. The molecule has 4 N–H and O–H groups in total. The number of aromatic hydroxyl groups is 1. The molecule has 11 nitrogen and oxygen atoms in total. The normalized spacial score (nSPS) is 20.3. The van der Waals surface area contributed by atoms with E-state index in [0.717, 1.165) is 16.7 Å². The second kappa shape index (κ2) is 15.3. The van der Waals surface area contributed by atoms with Crippen LogP contribution in [-0.2, 0) is 24.6 Å². The van der Waals surface area contributed by atoms with Crippen LogP contribution in [0, 0.1) is 0 Å². The molecular formula is C41H66N6O5Si3. The lowest BCUT2D eigenvalue weighted by atomic mass is 10.0. The van der Waals surface area contributed by atoms with Crippen molar-refractivity contribution >= 4 is 47.9 Å². The van der Waals surface area contributed by atoms with E-state index in [4.69, 9.17) is 33.7 Å². The van der Waals surface area contributed by atoms with E-state index in [1.807, 2.05) is 47.0 Å². The molecule has 302 valence electrons. The zero-order valence-electron chi connectivity index (χ0n) is 35.9. The number of nitrogens with two attached hydrogens (primary N) is 1. The molecule has 0 bridgehead atoms. The van der Waals surface area contributed by atoms with Gasteiger partial charge in [-0.05, 0) is 71.6 Å². The van der Waals surface area contributed by atoms with Crippen molar-refractivity contribution in [3.8, 4) is 16.9 Å². The first-order valence-corrected chi connectivity index (χ1v) is 28.2. The lowest BCUT2D eigenvalue weighted by Gasteiger charge is -2.44. The van der Waals surface area contributed by atoms with Crippen molar-refractivity contribution in [1.82, 2.24) is 19.5 Å². The van der Waals surface area contributed by atoms with Crippen LogP contribution in [0.2, 0.25) is 54.4 Å². The molecule has 1 aliphatic rings. The van der Waals surface area contributed by atoms with E-state index in [0.29, 0.717) is 30.3 Å². The van der Waals surface area contributed by atoms with E-state index in [1.165, 1.54) is 6.33 Å². The average molecular weight is 807 g/mol. The maximum absolute atomic E-state index is 11.1. The molecule has 0 spiro atoms. The SMILES string of the molecule is CC(C)(C)[Si](C)(C)OC[C@H]1O[C@@H](n2c(NCc3ccc(-c4ccccc4)c(O)c3)nc3c(N)ncnc32)[C@H](O[Si](C)(C)C(C)(C)C)[C@@H]1O[Si](C)(C)C(C)(C)C. The van der Waals surface area contributed by atoms with Gasteiger partial charge in [-0.1, -0.05) is 105 Å². The van der Waals surface area contributed by atoms with Crippen molar-refractivity contribution in [1.29, 1.82) is 0 Å². The summed E-state index contributed by atoms with van der Waals surface area (Å²) in [6.07, 6.45) is -0.619. The molecule has 4 aromatic rings. The maximum Gasteiger partial charge on any atom is 0.207 e. The average Bonchev–Trinajstić information content (AvgIpc) is 3.59. The Bertz CT molecular complexity index is 1950. The number of imidazole rings is 1. The van der Waals surface area contributed by atoms with Crippen LogP contribution in [0.5, 0.6) is 5.75 Å². The number of hydrogen-bond acceptors (Lipinski definition) is 10. The molecule has 1 fully saturated rings. The van der Waals surface area contributed by atoms with Gasteiger partial charge in [-0.3, -0.25) is 4.57 Å². The monoisotopic (exact) mass is 806 g/mol. The van der Waals surface area contributed by atoms with Crippen LogP contribution in [0.15, 0.2) is 54.9 Å². The van der Waals surface area contributed by atoms with Gasteiger partial charge in [-0.2, -0.15) is 0 Å². The van der Waals surface area contributed by atoms with Gasteiger partial charge in [0.05, 0.1) is 6.61 Å². The van der Waals surface area contributed by atoms with Crippen molar-refractivity contribution in [2.45, 2.75) is 148 Å². The van der Waals surface area contributed by atoms with E-state index in [9.17, 15) is 5.11 Å². The van der Waals surface area contributed by atoms with Gasteiger partial charge in [-0.15, -0.1) is 0 Å². The zero-order chi connectivity index (χ0) is 40.9. The standard InChI is InChI=1S/C41H66N6O5Si3/c1-39(2,3)53(10,11)49-25-31-33(51-54(12,13)40(4,5)6)34(52-55(14,15)41(7,8)9)37(50-31)47-36-32(35(42)44-26-45-36)46-38(47)43-24-27-21-22-29(30(48)23-27)28-19-17-16-18-20-28/h16-23,26,31,33-34,37,48H,24-25H2,1-15H3,(H,43,46)(H2,42,44,45)/t31-,33-,34-,37-/m1/s1. The highest BCUT2D eigenvalue weighted by atomic mass is 28.4. The Kier molecular flexibility index (Phi) is 12.0. The predicted molar refractivity (Wildman–Crippen MR) is 232 cm³/mol. The number of benzene rings is 2. The van der Waals surface area contributed by atoms with Gasteiger partial charge < -0.3 is 34.2 Å². The van der Waals surface area contributed by atoms with Gasteiger partial charge in [0, 0.05) is 12.1 Å². The lowest BCUT2D eigenvalue weighted by molar-refractivity contribution is -0.0461. The molecule has 0 amide bonds. The first-order chi connectivity index (χ1) is 25.2. The van der Waals surface area contributed by atoms with E-state index < -0.39 is 49.5 Å². The number of fused-ring (bicyclic) bond motifs is 1. The Hall–Kier alpha value is -3.12. The number of hydrogen-bond donors (Lipinski definition) is 3. The molecule has 55 heavy (non-hydrogen) atoms. The molecule has 0 unspecified atom stereocenters. The molecule has 4 atom stereocenters. The van der Waals surface area contributed by atoms with E-state index in [1.54, 1.807) is 6.07 Å². The van der Waals surface area contributed by atoms with Crippen LogP contribution in [0.25, 0.3) is 22.3 Å². The maximum atomic E-state index is 11.1. The summed E-state index contributed by atoms with van der Waals surface area (Å²) in [5.41, 5.74) is 10.0. The van der Waals surface area contributed by atoms with Crippen LogP contribution in [0.1, 0.15) is 74.1 Å². The third-order valence-corrected chi connectivity index (χ3v) is 26.0. The molecule has 0 aliphatic carbocycles. The summed E-state index contributed by atoms with van der Waals surface area (Å²) in [5.74, 6) is 0.967. The molecule has 2 aromatic heterocycles. The van der Waals surface area contributed by atoms with Crippen molar-refractivity contribution in [3.63, 3.8) is 0 Å². The first kappa shape index (κ1) is 43.0. The van der Waals surface area contributed by atoms with Crippen LogP contribution >= 0.6 is 0 Å². The molecule has 0 saturated carbocycles. The largest absolute Gasteiger partial charge is 0.507 e.